The molecule has 0 spiro atoms. The van der Waals surface area contributed by atoms with Gasteiger partial charge >= 0.3 is 0 Å². The lowest BCUT2D eigenvalue weighted by molar-refractivity contribution is -0.134. The molecule has 2 aliphatic rings. The zero-order chi connectivity index (χ0) is 21.4. The second kappa shape index (κ2) is 7.80. The van der Waals surface area contributed by atoms with Crippen LogP contribution < -0.4 is 5.32 Å². The molecule has 3 aromatic rings. The van der Waals surface area contributed by atoms with Gasteiger partial charge < -0.3 is 14.8 Å². The summed E-state index contributed by atoms with van der Waals surface area (Å²) >= 11 is 0. The average Bonchev–Trinajstić information content (AvgIpc) is 3.16. The number of benzene rings is 1. The van der Waals surface area contributed by atoms with E-state index in [0.29, 0.717) is 18.9 Å². The Hall–Kier alpha value is -3.22. The van der Waals surface area contributed by atoms with E-state index >= 15 is 0 Å². The lowest BCUT2D eigenvalue weighted by Gasteiger charge is -2.44. The molecule has 160 valence electrons. The molecule has 1 aliphatic carbocycles. The van der Waals surface area contributed by atoms with Crippen molar-refractivity contribution in [3.8, 4) is 0 Å². The van der Waals surface area contributed by atoms with Crippen LogP contribution in [0.1, 0.15) is 55.2 Å². The maximum absolute atomic E-state index is 13.6. The Labute approximate surface area is 181 Å². The van der Waals surface area contributed by atoms with Crippen molar-refractivity contribution >= 4 is 22.8 Å². The van der Waals surface area contributed by atoms with Crippen molar-refractivity contribution in [2.24, 2.45) is 0 Å². The molecule has 1 aromatic carbocycles. The normalized spacial score (nSPS) is 21.8. The average molecular weight is 418 g/mol. The standard InChI is InChI=1S/C24H27N5O2/c1-24(23(31)26-18-9-3-2-4-10-18)16-28-20-12-6-5-11-19(20)27-21(28)22(30)29(24)15-17-8-7-13-25-14-17/h5-8,11-14,18H,2-4,9-10,15-16H2,1H3,(H,26,31). The van der Waals surface area contributed by atoms with Crippen LogP contribution in [-0.2, 0) is 17.9 Å². The first-order chi connectivity index (χ1) is 15.1. The summed E-state index contributed by atoms with van der Waals surface area (Å²) in [7, 11) is 0. The van der Waals surface area contributed by atoms with E-state index in [2.05, 4.69) is 15.3 Å². The lowest BCUT2D eigenvalue weighted by atomic mass is 9.91. The van der Waals surface area contributed by atoms with Crippen LogP contribution in [0.15, 0.2) is 48.8 Å². The zero-order valence-corrected chi connectivity index (χ0v) is 17.8. The van der Waals surface area contributed by atoms with Crippen molar-refractivity contribution in [1.29, 1.82) is 0 Å². The van der Waals surface area contributed by atoms with Crippen LogP contribution in [-0.4, -0.2) is 42.8 Å². The van der Waals surface area contributed by atoms with Gasteiger partial charge in [0.25, 0.3) is 5.91 Å². The molecule has 7 nitrogen and oxygen atoms in total. The van der Waals surface area contributed by atoms with Gasteiger partial charge in [0.15, 0.2) is 5.82 Å². The summed E-state index contributed by atoms with van der Waals surface area (Å²) < 4.78 is 1.90. The quantitative estimate of drug-likeness (QED) is 0.706. The third-order valence-corrected chi connectivity index (χ3v) is 6.65. The molecular weight excluding hydrogens is 390 g/mol. The monoisotopic (exact) mass is 417 g/mol. The van der Waals surface area contributed by atoms with E-state index in [-0.39, 0.29) is 17.9 Å². The number of carbonyl (C=O) groups is 2. The summed E-state index contributed by atoms with van der Waals surface area (Å²) in [5.41, 5.74) is 1.51. The van der Waals surface area contributed by atoms with E-state index in [9.17, 15) is 9.59 Å². The number of fused-ring (bicyclic) bond motifs is 3. The van der Waals surface area contributed by atoms with E-state index in [4.69, 9.17) is 0 Å². The first-order valence-corrected chi connectivity index (χ1v) is 11.0. The highest BCUT2D eigenvalue weighted by Gasteiger charge is 2.48. The van der Waals surface area contributed by atoms with Crippen LogP contribution in [0.3, 0.4) is 0 Å². The van der Waals surface area contributed by atoms with E-state index in [1.54, 1.807) is 17.3 Å². The molecule has 0 radical (unpaired) electrons. The predicted octanol–water partition coefficient (Wildman–Crippen LogP) is 3.29. The molecule has 3 heterocycles. The lowest BCUT2D eigenvalue weighted by Crippen LogP contribution is -2.64. The van der Waals surface area contributed by atoms with Crippen LogP contribution in [0.4, 0.5) is 0 Å². The molecule has 1 saturated carbocycles. The maximum Gasteiger partial charge on any atom is 0.291 e. The summed E-state index contributed by atoms with van der Waals surface area (Å²) in [6.45, 7) is 2.55. The van der Waals surface area contributed by atoms with Gasteiger partial charge in [0.1, 0.15) is 5.54 Å². The fourth-order valence-electron chi connectivity index (χ4n) is 4.84. The van der Waals surface area contributed by atoms with Crippen molar-refractivity contribution < 1.29 is 9.59 Å². The maximum atomic E-state index is 13.6. The van der Waals surface area contributed by atoms with Crippen molar-refractivity contribution in [3.63, 3.8) is 0 Å². The van der Waals surface area contributed by atoms with Crippen LogP contribution in [0.5, 0.6) is 0 Å². The van der Waals surface area contributed by atoms with Gasteiger partial charge in [-0.05, 0) is 43.5 Å². The number of para-hydroxylation sites is 2. The minimum atomic E-state index is -1.03. The van der Waals surface area contributed by atoms with Crippen molar-refractivity contribution in [1.82, 2.24) is 24.8 Å². The fourth-order valence-corrected chi connectivity index (χ4v) is 4.84. The van der Waals surface area contributed by atoms with E-state index < -0.39 is 5.54 Å². The number of nitrogens with one attached hydrogen (secondary N) is 1. The Bertz CT molecular complexity index is 1120. The Morgan fingerprint density at radius 3 is 2.74 bits per heavy atom. The van der Waals surface area contributed by atoms with Crippen molar-refractivity contribution in [2.45, 2.75) is 63.7 Å². The Morgan fingerprint density at radius 1 is 1.16 bits per heavy atom. The topological polar surface area (TPSA) is 80.1 Å². The van der Waals surface area contributed by atoms with Crippen molar-refractivity contribution in [3.05, 3.63) is 60.2 Å². The number of rotatable bonds is 4. The predicted molar refractivity (Wildman–Crippen MR) is 117 cm³/mol. The molecule has 2 amide bonds. The summed E-state index contributed by atoms with van der Waals surface area (Å²) in [4.78, 5) is 37.7. The summed E-state index contributed by atoms with van der Waals surface area (Å²) in [6, 6.07) is 11.6. The minimum absolute atomic E-state index is 0.0972. The van der Waals surface area contributed by atoms with Crippen molar-refractivity contribution in [2.75, 3.05) is 0 Å². The number of pyridine rings is 1. The number of aromatic nitrogens is 3. The highest BCUT2D eigenvalue weighted by atomic mass is 16.2. The first kappa shape index (κ1) is 19.7. The highest BCUT2D eigenvalue weighted by Crippen LogP contribution is 2.32. The van der Waals surface area contributed by atoms with Gasteiger partial charge in [0, 0.05) is 25.0 Å². The smallest absolute Gasteiger partial charge is 0.291 e. The van der Waals surface area contributed by atoms with Gasteiger partial charge in [-0.25, -0.2) is 4.98 Å². The zero-order valence-electron chi connectivity index (χ0n) is 17.8. The van der Waals surface area contributed by atoms with Crippen LogP contribution in [0.25, 0.3) is 11.0 Å². The molecule has 7 heteroatoms. The van der Waals surface area contributed by atoms with Crippen LogP contribution >= 0.6 is 0 Å². The first-order valence-electron chi connectivity index (χ1n) is 11.0. The SMILES string of the molecule is CC1(C(=O)NC2CCCCC2)Cn2c(nc3ccccc32)C(=O)N1Cc1cccnc1. The largest absolute Gasteiger partial charge is 0.351 e. The highest BCUT2D eigenvalue weighted by molar-refractivity contribution is 6.01. The fraction of sp³-hybridized carbons (Fsp3) is 0.417. The number of nitrogens with zero attached hydrogens (tertiary/aromatic N) is 4. The third kappa shape index (κ3) is 3.48. The molecule has 1 atom stereocenters. The summed E-state index contributed by atoms with van der Waals surface area (Å²) in [5, 5.41) is 3.25. The Balaban J connectivity index is 1.55. The molecule has 1 N–H and O–H groups in total. The molecule has 1 fully saturated rings. The molecule has 0 saturated heterocycles. The minimum Gasteiger partial charge on any atom is -0.351 e. The van der Waals surface area contributed by atoms with Crippen LogP contribution in [0, 0.1) is 0 Å². The summed E-state index contributed by atoms with van der Waals surface area (Å²) in [5.74, 6) is 0.0562. The van der Waals surface area contributed by atoms with Gasteiger partial charge in [-0.15, -0.1) is 0 Å². The third-order valence-electron chi connectivity index (χ3n) is 6.65. The molecule has 2 aromatic heterocycles. The van der Waals surface area contributed by atoms with E-state index in [1.807, 2.05) is 47.9 Å². The van der Waals surface area contributed by atoms with Gasteiger partial charge in [0.05, 0.1) is 17.6 Å². The van der Waals surface area contributed by atoms with Gasteiger partial charge in [-0.1, -0.05) is 37.5 Å². The number of hydrogen-bond acceptors (Lipinski definition) is 4. The van der Waals surface area contributed by atoms with E-state index in [0.717, 1.165) is 42.3 Å². The molecule has 5 rings (SSSR count). The molecule has 1 unspecified atom stereocenters. The Kier molecular flexibility index (Phi) is 4.96. The molecule has 31 heavy (non-hydrogen) atoms. The molecule has 1 aliphatic heterocycles. The Morgan fingerprint density at radius 2 is 1.97 bits per heavy atom. The summed E-state index contributed by atoms with van der Waals surface area (Å²) in [6.07, 6.45) is 8.93. The number of imidazole rings is 1. The van der Waals surface area contributed by atoms with Gasteiger partial charge in [0.2, 0.25) is 5.91 Å². The number of amides is 2. The van der Waals surface area contributed by atoms with Crippen LogP contribution in [0.2, 0.25) is 0 Å². The second-order valence-electron chi connectivity index (χ2n) is 8.85. The second-order valence-corrected chi connectivity index (χ2v) is 8.85. The number of hydrogen-bond donors (Lipinski definition) is 1. The van der Waals surface area contributed by atoms with Gasteiger partial charge in [-0.3, -0.25) is 14.6 Å². The van der Waals surface area contributed by atoms with Gasteiger partial charge in [-0.2, -0.15) is 0 Å². The number of carbonyl (C=O) groups excluding carboxylic acids is 2. The van der Waals surface area contributed by atoms with E-state index in [1.165, 1.54) is 6.42 Å². The molecular formula is C24H27N5O2. The molecule has 0 bridgehead atoms.